The fourth-order valence-corrected chi connectivity index (χ4v) is 5.12. The van der Waals surface area contributed by atoms with Gasteiger partial charge in [-0.25, -0.2) is 8.42 Å². The van der Waals surface area contributed by atoms with E-state index in [1.54, 1.807) is 0 Å². The highest BCUT2D eigenvalue weighted by molar-refractivity contribution is 7.84. The molecule has 0 bridgehead atoms. The van der Waals surface area contributed by atoms with Gasteiger partial charge in [0.15, 0.2) is 0 Å². The molecule has 0 aromatic carbocycles. The molecule has 0 N–H and O–H groups in total. The van der Waals surface area contributed by atoms with E-state index in [4.69, 9.17) is 13.0 Å². The first-order chi connectivity index (χ1) is 14.8. The molecule has 1 rings (SSSR count). The van der Waals surface area contributed by atoms with E-state index in [9.17, 15) is 0 Å². The van der Waals surface area contributed by atoms with Gasteiger partial charge in [-0.2, -0.15) is 0 Å². The predicted molar refractivity (Wildman–Crippen MR) is 134 cm³/mol. The molecule has 1 saturated heterocycles. The van der Waals surface area contributed by atoms with Crippen LogP contribution in [-0.4, -0.2) is 49.9 Å². The van der Waals surface area contributed by atoms with Gasteiger partial charge in [-0.3, -0.25) is 0 Å². The van der Waals surface area contributed by atoms with Gasteiger partial charge >= 0.3 is 0 Å². The molecule has 2 unspecified atom stereocenters. The Labute approximate surface area is 195 Å². The van der Waals surface area contributed by atoms with Crippen molar-refractivity contribution in [2.24, 2.45) is 5.92 Å². The minimum atomic E-state index is -3.92. The van der Waals surface area contributed by atoms with Crippen molar-refractivity contribution in [3.8, 4) is 0 Å². The monoisotopic (exact) mass is 461 g/mol. The van der Waals surface area contributed by atoms with Crippen LogP contribution in [0.4, 0.5) is 0 Å². The summed E-state index contributed by atoms with van der Waals surface area (Å²) in [6, 6.07) is 0. The molecular weight excluding hydrogens is 406 g/mol. The highest BCUT2D eigenvalue weighted by atomic mass is 32.2. The third-order valence-corrected chi connectivity index (χ3v) is 7.01. The van der Waals surface area contributed by atoms with Gasteiger partial charge in [-0.05, 0) is 39.0 Å². The SMILES string of the molecule is CCCCCCCCCC1CCC[N+](CC)(CCCCCCCCC)C1.CS(=O)(=O)[O-]. The third kappa shape index (κ3) is 20.2. The van der Waals surface area contributed by atoms with E-state index < -0.39 is 10.1 Å². The second-order valence-corrected chi connectivity index (χ2v) is 11.4. The lowest BCUT2D eigenvalue weighted by atomic mass is 9.90. The van der Waals surface area contributed by atoms with Crippen LogP contribution >= 0.6 is 0 Å². The molecule has 0 aromatic rings. The first kappa shape index (κ1) is 30.9. The van der Waals surface area contributed by atoms with E-state index in [0.717, 1.165) is 5.92 Å². The molecule has 1 aliphatic rings. The Morgan fingerprint density at radius 3 is 1.71 bits per heavy atom. The summed E-state index contributed by atoms with van der Waals surface area (Å²) >= 11 is 0. The van der Waals surface area contributed by atoms with Crippen LogP contribution in [0.25, 0.3) is 0 Å². The summed E-state index contributed by atoms with van der Waals surface area (Å²) < 4.78 is 28.7. The summed E-state index contributed by atoms with van der Waals surface area (Å²) in [5.74, 6) is 1.03. The quantitative estimate of drug-likeness (QED) is 0.130. The van der Waals surface area contributed by atoms with Crippen LogP contribution in [0.5, 0.6) is 0 Å². The molecule has 0 amide bonds. The van der Waals surface area contributed by atoms with Crippen LogP contribution in [0.2, 0.25) is 0 Å². The van der Waals surface area contributed by atoms with Crippen molar-refractivity contribution in [1.82, 2.24) is 0 Å². The molecule has 2 atom stereocenters. The standard InChI is InChI=1S/C25H52N.CH4O3S/c1-4-7-9-11-13-15-17-20-25-21-19-23-26(6-3,24-25)22-18-16-14-12-10-8-5-2;1-5(2,3)4/h25H,4-24H2,1-3H3;1H3,(H,2,3,4)/q+1;/p-1. The van der Waals surface area contributed by atoms with Gasteiger partial charge in [0.25, 0.3) is 0 Å². The third-order valence-electron chi connectivity index (χ3n) is 7.01. The van der Waals surface area contributed by atoms with E-state index >= 15 is 0 Å². The number of nitrogens with zero attached hydrogens (tertiary/aromatic N) is 1. The Morgan fingerprint density at radius 1 is 0.774 bits per heavy atom. The minimum Gasteiger partial charge on any atom is -0.748 e. The lowest BCUT2D eigenvalue weighted by molar-refractivity contribution is -0.934. The summed E-state index contributed by atoms with van der Waals surface area (Å²) in [6.45, 7) is 12.9. The number of rotatable bonds is 17. The van der Waals surface area contributed by atoms with Gasteiger partial charge in [-0.1, -0.05) is 90.9 Å². The molecule has 0 aliphatic carbocycles. The molecular formula is C26H55NO3S. The first-order valence-corrected chi connectivity index (χ1v) is 15.3. The topological polar surface area (TPSA) is 57.2 Å². The van der Waals surface area contributed by atoms with Gasteiger partial charge in [0, 0.05) is 12.2 Å². The maximum atomic E-state index is 9.08. The van der Waals surface area contributed by atoms with Crippen molar-refractivity contribution in [1.29, 1.82) is 0 Å². The fraction of sp³-hybridized carbons (Fsp3) is 1.00. The molecule has 1 heterocycles. The lowest BCUT2D eigenvalue weighted by Crippen LogP contribution is -2.54. The van der Waals surface area contributed by atoms with Crippen molar-refractivity contribution < 1.29 is 17.5 Å². The lowest BCUT2D eigenvalue weighted by Gasteiger charge is -2.44. The van der Waals surface area contributed by atoms with E-state index in [1.165, 1.54) is 140 Å². The highest BCUT2D eigenvalue weighted by Crippen LogP contribution is 2.28. The van der Waals surface area contributed by atoms with E-state index in [0.29, 0.717) is 6.26 Å². The van der Waals surface area contributed by atoms with Crippen molar-refractivity contribution in [3.63, 3.8) is 0 Å². The molecule has 5 heteroatoms. The number of likely N-dealkylation sites (tertiary alicyclic amines) is 1. The second-order valence-electron chi connectivity index (χ2n) is 10.0. The summed E-state index contributed by atoms with van der Waals surface area (Å²) in [4.78, 5) is 0. The smallest absolute Gasteiger partial charge is 0.0916 e. The summed E-state index contributed by atoms with van der Waals surface area (Å²) in [7, 11) is -3.92. The van der Waals surface area contributed by atoms with E-state index in [2.05, 4.69) is 20.8 Å². The molecule has 31 heavy (non-hydrogen) atoms. The highest BCUT2D eigenvalue weighted by Gasteiger charge is 2.32. The number of hydrogen-bond donors (Lipinski definition) is 0. The summed E-state index contributed by atoms with van der Waals surface area (Å²) in [5, 5.41) is 0. The maximum absolute atomic E-state index is 9.08. The van der Waals surface area contributed by atoms with Gasteiger partial charge in [-0.15, -0.1) is 0 Å². The average molecular weight is 462 g/mol. The molecule has 0 saturated carbocycles. The number of unbranched alkanes of at least 4 members (excludes halogenated alkanes) is 12. The zero-order chi connectivity index (χ0) is 23.4. The largest absolute Gasteiger partial charge is 0.748 e. The average Bonchev–Trinajstić information content (AvgIpc) is 2.71. The van der Waals surface area contributed by atoms with Gasteiger partial charge in [0.05, 0.1) is 36.3 Å². The molecule has 0 aromatic heterocycles. The molecule has 0 radical (unpaired) electrons. The Balaban J connectivity index is 0.00000161. The predicted octanol–water partition coefficient (Wildman–Crippen LogP) is 7.29. The van der Waals surface area contributed by atoms with Crippen molar-refractivity contribution in [2.75, 3.05) is 32.4 Å². The van der Waals surface area contributed by atoms with Crippen LogP contribution < -0.4 is 0 Å². The summed E-state index contributed by atoms with van der Waals surface area (Å²) in [5.41, 5.74) is 0. The Hall–Kier alpha value is -0.130. The van der Waals surface area contributed by atoms with Crippen molar-refractivity contribution in [3.05, 3.63) is 0 Å². The second kappa shape index (κ2) is 19.3. The zero-order valence-electron chi connectivity index (χ0n) is 21.5. The molecule has 1 aliphatic heterocycles. The van der Waals surface area contributed by atoms with E-state index in [1.807, 2.05) is 0 Å². The minimum absolute atomic E-state index is 0.604. The van der Waals surface area contributed by atoms with Crippen LogP contribution in [0.1, 0.15) is 130 Å². The zero-order valence-corrected chi connectivity index (χ0v) is 22.3. The Kier molecular flexibility index (Phi) is 19.3. The van der Waals surface area contributed by atoms with Gasteiger partial charge in [0.1, 0.15) is 0 Å². The summed E-state index contributed by atoms with van der Waals surface area (Å²) in [6.07, 6.45) is 25.5. The fourth-order valence-electron chi connectivity index (χ4n) is 5.12. The van der Waals surface area contributed by atoms with Gasteiger partial charge < -0.3 is 9.04 Å². The normalized spacial score (nSPS) is 21.5. The van der Waals surface area contributed by atoms with Crippen molar-refractivity contribution >= 4 is 10.1 Å². The van der Waals surface area contributed by atoms with E-state index in [-0.39, 0.29) is 0 Å². The maximum Gasteiger partial charge on any atom is 0.0916 e. The van der Waals surface area contributed by atoms with Crippen molar-refractivity contribution in [2.45, 2.75) is 130 Å². The molecule has 188 valence electrons. The number of piperidine rings is 1. The number of quaternary nitrogens is 1. The molecule has 4 nitrogen and oxygen atoms in total. The number of hydrogen-bond acceptors (Lipinski definition) is 3. The molecule has 0 spiro atoms. The Morgan fingerprint density at radius 2 is 1.23 bits per heavy atom. The Bertz CT molecular complexity index is 487. The van der Waals surface area contributed by atoms with Crippen LogP contribution in [0.15, 0.2) is 0 Å². The van der Waals surface area contributed by atoms with Crippen LogP contribution in [-0.2, 0) is 10.1 Å². The first-order valence-electron chi connectivity index (χ1n) is 13.5. The molecule has 1 fully saturated rings. The van der Waals surface area contributed by atoms with Crippen LogP contribution in [0.3, 0.4) is 0 Å². The van der Waals surface area contributed by atoms with Gasteiger partial charge in [0.2, 0.25) is 0 Å². The van der Waals surface area contributed by atoms with Crippen LogP contribution in [0, 0.1) is 5.92 Å².